The lowest BCUT2D eigenvalue weighted by Crippen LogP contribution is -2.37. The summed E-state index contributed by atoms with van der Waals surface area (Å²) in [6.07, 6.45) is 0.809. The van der Waals surface area contributed by atoms with E-state index in [-0.39, 0.29) is 25.1 Å². The third-order valence-corrected chi connectivity index (χ3v) is 4.30. The van der Waals surface area contributed by atoms with Crippen LogP contribution in [0, 0.1) is 0 Å². The Bertz CT molecular complexity index is 757. The summed E-state index contributed by atoms with van der Waals surface area (Å²) < 4.78 is 0. The second-order valence-corrected chi connectivity index (χ2v) is 6.50. The number of benzene rings is 2. The van der Waals surface area contributed by atoms with Gasteiger partial charge >= 0.3 is 6.03 Å². The van der Waals surface area contributed by atoms with Gasteiger partial charge in [-0.1, -0.05) is 18.5 Å². The molecule has 144 valence electrons. The highest BCUT2D eigenvalue weighted by molar-refractivity contribution is 6.30. The number of nitrogens with one attached hydrogen (secondary N) is 1. The lowest BCUT2D eigenvalue weighted by molar-refractivity contribution is 0.0993. The Labute approximate surface area is 164 Å². The highest BCUT2D eigenvalue weighted by Crippen LogP contribution is 2.20. The van der Waals surface area contributed by atoms with Crippen LogP contribution in [0.1, 0.15) is 23.7 Å². The smallest absolute Gasteiger partial charge is 0.321 e. The molecular weight excluding hydrogens is 366 g/mol. The maximum absolute atomic E-state index is 12.5. The van der Waals surface area contributed by atoms with Gasteiger partial charge in [-0.2, -0.15) is 0 Å². The highest BCUT2D eigenvalue weighted by atomic mass is 35.5. The molecule has 0 saturated carbocycles. The van der Waals surface area contributed by atoms with Crippen molar-refractivity contribution in [1.29, 1.82) is 0 Å². The summed E-state index contributed by atoms with van der Waals surface area (Å²) in [4.78, 5) is 27.9. The number of carbonyl (C=O) groups is 2. The van der Waals surface area contributed by atoms with Crippen molar-refractivity contribution in [2.24, 2.45) is 0 Å². The molecule has 6 nitrogen and oxygen atoms in total. The topological polar surface area (TPSA) is 72.9 Å². The predicted octanol–water partition coefficient (Wildman–Crippen LogP) is 3.85. The zero-order valence-corrected chi connectivity index (χ0v) is 16.2. The fourth-order valence-electron chi connectivity index (χ4n) is 2.58. The van der Waals surface area contributed by atoms with Crippen LogP contribution in [0.4, 0.5) is 16.2 Å². The van der Waals surface area contributed by atoms with E-state index in [0.29, 0.717) is 28.5 Å². The number of rotatable bonds is 7. The first-order chi connectivity index (χ1) is 13.0. The number of nitrogens with zero attached hydrogens (tertiary/aromatic N) is 2. The van der Waals surface area contributed by atoms with E-state index in [0.717, 1.165) is 6.42 Å². The minimum atomic E-state index is -0.260. The minimum Gasteiger partial charge on any atom is -0.395 e. The van der Waals surface area contributed by atoms with Gasteiger partial charge in [0.2, 0.25) is 0 Å². The van der Waals surface area contributed by atoms with Crippen LogP contribution < -0.4 is 10.2 Å². The number of anilines is 2. The molecule has 2 rings (SSSR count). The quantitative estimate of drug-likeness (QED) is 0.755. The van der Waals surface area contributed by atoms with Gasteiger partial charge < -0.3 is 20.2 Å². The number of urea groups is 1. The maximum atomic E-state index is 12.5. The molecule has 2 aromatic rings. The van der Waals surface area contributed by atoms with Crippen molar-refractivity contribution in [3.05, 3.63) is 59.1 Å². The Morgan fingerprint density at radius 3 is 2.22 bits per heavy atom. The molecule has 0 aromatic heterocycles. The Hall–Kier alpha value is -2.57. The number of amides is 3. The van der Waals surface area contributed by atoms with Crippen LogP contribution in [0.3, 0.4) is 0 Å². The van der Waals surface area contributed by atoms with Gasteiger partial charge in [-0.05, 0) is 55.0 Å². The first-order valence-corrected chi connectivity index (χ1v) is 9.14. The van der Waals surface area contributed by atoms with Crippen LogP contribution in [-0.4, -0.2) is 48.7 Å². The Morgan fingerprint density at radius 2 is 1.67 bits per heavy atom. The zero-order chi connectivity index (χ0) is 19.8. The van der Waals surface area contributed by atoms with Gasteiger partial charge in [0.05, 0.1) is 6.61 Å². The molecule has 0 atom stereocenters. The van der Waals surface area contributed by atoms with Crippen LogP contribution in [0.15, 0.2) is 48.5 Å². The van der Waals surface area contributed by atoms with E-state index in [9.17, 15) is 9.59 Å². The monoisotopic (exact) mass is 389 g/mol. The van der Waals surface area contributed by atoms with Gasteiger partial charge in [-0.25, -0.2) is 4.79 Å². The molecular formula is C20H24ClN3O3. The van der Waals surface area contributed by atoms with Gasteiger partial charge in [-0.3, -0.25) is 4.79 Å². The Balaban J connectivity index is 2.04. The molecule has 2 aromatic carbocycles. The summed E-state index contributed by atoms with van der Waals surface area (Å²) in [6.45, 7) is 2.75. The molecule has 0 bridgehead atoms. The number of aliphatic hydroxyl groups is 1. The number of carbonyl (C=O) groups excluding carboxylic acids is 2. The number of hydrogen-bond acceptors (Lipinski definition) is 3. The van der Waals surface area contributed by atoms with E-state index in [4.69, 9.17) is 16.7 Å². The molecule has 0 aliphatic heterocycles. The summed E-state index contributed by atoms with van der Waals surface area (Å²) in [7, 11) is 1.69. The summed E-state index contributed by atoms with van der Waals surface area (Å²) in [5, 5.41) is 12.4. The molecule has 0 aliphatic carbocycles. The lowest BCUT2D eigenvalue weighted by Gasteiger charge is -2.22. The lowest BCUT2D eigenvalue weighted by atomic mass is 10.2. The molecule has 0 saturated heterocycles. The molecule has 7 heteroatoms. The van der Waals surface area contributed by atoms with Crippen LogP contribution >= 0.6 is 11.6 Å². The average molecular weight is 390 g/mol. The second-order valence-electron chi connectivity index (χ2n) is 6.06. The standard InChI is InChI=1S/C20H24ClN3O3/c1-3-12-24(13-14-25)20(27)22-17-8-10-18(11-9-17)23(2)19(26)15-4-6-16(21)7-5-15/h4-11,25H,3,12-14H2,1-2H3,(H,22,27). The molecule has 2 N–H and O–H groups in total. The second kappa shape index (κ2) is 9.94. The minimum absolute atomic E-state index is 0.0794. The van der Waals surface area contributed by atoms with Crippen LogP contribution in [0.2, 0.25) is 5.02 Å². The highest BCUT2D eigenvalue weighted by Gasteiger charge is 2.15. The van der Waals surface area contributed by atoms with Crippen LogP contribution in [-0.2, 0) is 0 Å². The van der Waals surface area contributed by atoms with Crippen molar-refractivity contribution in [2.75, 3.05) is 37.0 Å². The van der Waals surface area contributed by atoms with Crippen molar-refractivity contribution in [2.45, 2.75) is 13.3 Å². The Kier molecular flexibility index (Phi) is 7.64. The van der Waals surface area contributed by atoms with E-state index in [2.05, 4.69) is 5.32 Å². The molecule has 27 heavy (non-hydrogen) atoms. The van der Waals surface area contributed by atoms with Gasteiger partial charge in [0.1, 0.15) is 0 Å². The number of hydrogen-bond donors (Lipinski definition) is 2. The summed E-state index contributed by atoms with van der Waals surface area (Å²) in [5.41, 5.74) is 1.86. The first-order valence-electron chi connectivity index (χ1n) is 8.76. The summed E-state index contributed by atoms with van der Waals surface area (Å²) >= 11 is 5.86. The molecule has 0 heterocycles. The van der Waals surface area contributed by atoms with E-state index in [1.165, 1.54) is 4.90 Å². The van der Waals surface area contributed by atoms with Crippen molar-refractivity contribution in [3.8, 4) is 0 Å². The summed E-state index contributed by atoms with van der Waals surface area (Å²) in [5.74, 6) is -0.152. The molecule has 0 unspecified atom stereocenters. The Morgan fingerprint density at radius 1 is 1.04 bits per heavy atom. The number of aliphatic hydroxyl groups excluding tert-OH is 1. The largest absolute Gasteiger partial charge is 0.395 e. The third-order valence-electron chi connectivity index (χ3n) is 4.05. The van der Waals surface area contributed by atoms with Gasteiger partial charge in [0, 0.05) is 42.1 Å². The summed E-state index contributed by atoms with van der Waals surface area (Å²) in [6, 6.07) is 13.5. The number of halogens is 1. The first kappa shape index (κ1) is 20.7. The van der Waals surface area contributed by atoms with Crippen molar-refractivity contribution < 1.29 is 14.7 Å². The molecule has 3 amide bonds. The fourth-order valence-corrected chi connectivity index (χ4v) is 2.71. The normalized spacial score (nSPS) is 10.4. The zero-order valence-electron chi connectivity index (χ0n) is 15.5. The molecule has 0 spiro atoms. The molecule has 0 radical (unpaired) electrons. The van der Waals surface area contributed by atoms with E-state index in [1.54, 1.807) is 60.5 Å². The average Bonchev–Trinajstić information content (AvgIpc) is 2.68. The van der Waals surface area contributed by atoms with E-state index in [1.807, 2.05) is 6.92 Å². The van der Waals surface area contributed by atoms with Crippen LogP contribution in [0.5, 0.6) is 0 Å². The fraction of sp³-hybridized carbons (Fsp3) is 0.300. The molecule has 0 fully saturated rings. The third kappa shape index (κ3) is 5.70. The van der Waals surface area contributed by atoms with Crippen LogP contribution in [0.25, 0.3) is 0 Å². The van der Waals surface area contributed by atoms with Gasteiger partial charge in [-0.15, -0.1) is 0 Å². The van der Waals surface area contributed by atoms with E-state index < -0.39 is 0 Å². The SMILES string of the molecule is CCCN(CCO)C(=O)Nc1ccc(N(C)C(=O)c2ccc(Cl)cc2)cc1. The van der Waals surface area contributed by atoms with Crippen molar-refractivity contribution >= 4 is 34.9 Å². The van der Waals surface area contributed by atoms with E-state index >= 15 is 0 Å². The molecule has 0 aliphatic rings. The maximum Gasteiger partial charge on any atom is 0.321 e. The van der Waals surface area contributed by atoms with Crippen molar-refractivity contribution in [3.63, 3.8) is 0 Å². The van der Waals surface area contributed by atoms with Gasteiger partial charge in [0.25, 0.3) is 5.91 Å². The predicted molar refractivity (Wildman–Crippen MR) is 109 cm³/mol. The van der Waals surface area contributed by atoms with Gasteiger partial charge in [0.15, 0.2) is 0 Å². The van der Waals surface area contributed by atoms with Crippen molar-refractivity contribution in [1.82, 2.24) is 4.90 Å².